The molecule has 2 nitrogen and oxygen atoms in total. The Morgan fingerprint density at radius 1 is 1.12 bits per heavy atom. The molecule has 17 heavy (non-hydrogen) atoms. The molecule has 2 aromatic carbocycles. The molecule has 0 saturated heterocycles. The minimum absolute atomic E-state index is 0.159. The van der Waals surface area contributed by atoms with Gasteiger partial charge in [0, 0.05) is 15.1 Å². The molecule has 0 heterocycles. The predicted molar refractivity (Wildman–Crippen MR) is 75.8 cm³/mol. The SMILES string of the molecule is O=C(Nc1ccccc1)c1ccc(Br)cc1S. The molecule has 1 amide bonds. The lowest BCUT2D eigenvalue weighted by Crippen LogP contribution is -2.12. The van der Waals surface area contributed by atoms with Crippen LogP contribution in [0.2, 0.25) is 0 Å². The maximum Gasteiger partial charge on any atom is 0.256 e. The molecule has 0 atom stereocenters. The number of para-hydroxylation sites is 1. The second-order valence-corrected chi connectivity index (χ2v) is 4.88. The van der Waals surface area contributed by atoms with E-state index in [0.29, 0.717) is 10.5 Å². The lowest BCUT2D eigenvalue weighted by atomic mass is 10.2. The van der Waals surface area contributed by atoms with E-state index in [1.54, 1.807) is 12.1 Å². The summed E-state index contributed by atoms with van der Waals surface area (Å²) in [5, 5.41) is 2.82. The Morgan fingerprint density at radius 2 is 1.82 bits per heavy atom. The van der Waals surface area contributed by atoms with Crippen molar-refractivity contribution in [3.8, 4) is 0 Å². The van der Waals surface area contributed by atoms with Crippen molar-refractivity contribution in [1.82, 2.24) is 0 Å². The number of benzene rings is 2. The lowest BCUT2D eigenvalue weighted by molar-refractivity contribution is 0.102. The first-order valence-corrected chi connectivity index (χ1v) is 6.26. The van der Waals surface area contributed by atoms with E-state index in [9.17, 15) is 4.79 Å². The van der Waals surface area contributed by atoms with Crippen molar-refractivity contribution in [2.45, 2.75) is 4.90 Å². The number of halogens is 1. The van der Waals surface area contributed by atoms with Gasteiger partial charge in [-0.3, -0.25) is 4.79 Å². The zero-order chi connectivity index (χ0) is 12.3. The number of hydrogen-bond donors (Lipinski definition) is 2. The van der Waals surface area contributed by atoms with Gasteiger partial charge in [-0.2, -0.15) is 0 Å². The Bertz CT molecular complexity index is 542. The molecule has 0 radical (unpaired) electrons. The fourth-order valence-electron chi connectivity index (χ4n) is 1.42. The molecular formula is C13H10BrNOS. The van der Waals surface area contributed by atoms with Gasteiger partial charge in [-0.15, -0.1) is 12.6 Å². The van der Waals surface area contributed by atoms with E-state index in [1.165, 1.54) is 0 Å². The van der Waals surface area contributed by atoms with Gasteiger partial charge in [0.1, 0.15) is 0 Å². The van der Waals surface area contributed by atoms with Crippen LogP contribution in [0.3, 0.4) is 0 Å². The zero-order valence-electron chi connectivity index (χ0n) is 8.85. The molecule has 0 unspecified atom stereocenters. The Morgan fingerprint density at radius 3 is 2.47 bits per heavy atom. The summed E-state index contributed by atoms with van der Waals surface area (Å²) in [6, 6.07) is 14.7. The first kappa shape index (κ1) is 12.2. The summed E-state index contributed by atoms with van der Waals surface area (Å²) in [6.07, 6.45) is 0. The van der Waals surface area contributed by atoms with Crippen LogP contribution in [0.5, 0.6) is 0 Å². The van der Waals surface area contributed by atoms with Gasteiger partial charge in [0.15, 0.2) is 0 Å². The van der Waals surface area contributed by atoms with Gasteiger partial charge in [-0.25, -0.2) is 0 Å². The Balaban J connectivity index is 2.21. The van der Waals surface area contributed by atoms with E-state index < -0.39 is 0 Å². The van der Waals surface area contributed by atoms with Gasteiger partial charge < -0.3 is 5.32 Å². The molecule has 0 aliphatic rings. The van der Waals surface area contributed by atoms with E-state index in [4.69, 9.17) is 0 Å². The summed E-state index contributed by atoms with van der Waals surface area (Å²) in [5.41, 5.74) is 1.33. The molecule has 2 rings (SSSR count). The number of thiol groups is 1. The smallest absolute Gasteiger partial charge is 0.256 e. The Hall–Kier alpha value is -1.26. The predicted octanol–water partition coefficient (Wildman–Crippen LogP) is 3.99. The Kier molecular flexibility index (Phi) is 3.86. The largest absolute Gasteiger partial charge is 0.322 e. The fraction of sp³-hybridized carbons (Fsp3) is 0. The molecule has 4 heteroatoms. The van der Waals surface area contributed by atoms with Crippen molar-refractivity contribution in [2.24, 2.45) is 0 Å². The van der Waals surface area contributed by atoms with Crippen molar-refractivity contribution in [2.75, 3.05) is 5.32 Å². The van der Waals surface area contributed by atoms with Crippen LogP contribution in [-0.4, -0.2) is 5.91 Å². The maximum absolute atomic E-state index is 12.0. The van der Waals surface area contributed by atoms with Crippen LogP contribution in [0, 0.1) is 0 Å². The number of carbonyl (C=O) groups excluding carboxylic acids is 1. The van der Waals surface area contributed by atoms with Crippen LogP contribution in [0.25, 0.3) is 0 Å². The third kappa shape index (κ3) is 3.11. The molecule has 0 aliphatic heterocycles. The molecule has 0 aliphatic carbocycles. The van der Waals surface area contributed by atoms with Crippen molar-refractivity contribution in [3.63, 3.8) is 0 Å². The highest BCUT2D eigenvalue weighted by atomic mass is 79.9. The van der Waals surface area contributed by atoms with E-state index in [0.717, 1.165) is 10.2 Å². The van der Waals surface area contributed by atoms with Crippen molar-refractivity contribution in [3.05, 3.63) is 58.6 Å². The molecule has 0 spiro atoms. The highest BCUT2D eigenvalue weighted by molar-refractivity contribution is 9.10. The third-order valence-electron chi connectivity index (χ3n) is 2.24. The van der Waals surface area contributed by atoms with E-state index in [1.807, 2.05) is 36.4 Å². The van der Waals surface area contributed by atoms with Crippen molar-refractivity contribution >= 4 is 40.2 Å². The molecule has 0 aromatic heterocycles. The molecule has 2 aromatic rings. The molecule has 0 bridgehead atoms. The van der Waals surface area contributed by atoms with E-state index in [-0.39, 0.29) is 5.91 Å². The van der Waals surface area contributed by atoms with Crippen LogP contribution >= 0.6 is 28.6 Å². The number of amides is 1. The van der Waals surface area contributed by atoms with Gasteiger partial charge in [-0.05, 0) is 30.3 Å². The summed E-state index contributed by atoms with van der Waals surface area (Å²) in [5.74, 6) is -0.159. The van der Waals surface area contributed by atoms with Crippen LogP contribution in [0.1, 0.15) is 10.4 Å². The van der Waals surface area contributed by atoms with Crippen LogP contribution in [0.4, 0.5) is 5.69 Å². The zero-order valence-corrected chi connectivity index (χ0v) is 11.3. The van der Waals surface area contributed by atoms with Crippen LogP contribution < -0.4 is 5.32 Å². The minimum Gasteiger partial charge on any atom is -0.322 e. The van der Waals surface area contributed by atoms with Gasteiger partial charge in [0.05, 0.1) is 5.56 Å². The number of nitrogens with one attached hydrogen (secondary N) is 1. The number of hydrogen-bond acceptors (Lipinski definition) is 2. The first-order valence-electron chi connectivity index (χ1n) is 5.02. The van der Waals surface area contributed by atoms with Gasteiger partial charge in [0.25, 0.3) is 5.91 Å². The van der Waals surface area contributed by atoms with Crippen LogP contribution in [-0.2, 0) is 0 Å². The first-order chi connectivity index (χ1) is 8.16. The average Bonchev–Trinajstić information content (AvgIpc) is 2.30. The molecule has 1 N–H and O–H groups in total. The van der Waals surface area contributed by atoms with E-state index >= 15 is 0 Å². The minimum atomic E-state index is -0.159. The number of rotatable bonds is 2. The summed E-state index contributed by atoms with van der Waals surface area (Å²) >= 11 is 7.61. The standard InChI is InChI=1S/C13H10BrNOS/c14-9-6-7-11(12(17)8-9)13(16)15-10-4-2-1-3-5-10/h1-8,17H,(H,15,16). The highest BCUT2D eigenvalue weighted by Gasteiger charge is 2.09. The normalized spacial score (nSPS) is 10.0. The number of anilines is 1. The van der Waals surface area contributed by atoms with Gasteiger partial charge in [-0.1, -0.05) is 34.1 Å². The van der Waals surface area contributed by atoms with Crippen molar-refractivity contribution < 1.29 is 4.79 Å². The highest BCUT2D eigenvalue weighted by Crippen LogP contribution is 2.20. The topological polar surface area (TPSA) is 29.1 Å². The Labute approximate surface area is 114 Å². The summed E-state index contributed by atoms with van der Waals surface area (Å²) < 4.78 is 0.902. The summed E-state index contributed by atoms with van der Waals surface area (Å²) in [7, 11) is 0. The molecular weight excluding hydrogens is 298 g/mol. The van der Waals surface area contributed by atoms with Gasteiger partial charge >= 0.3 is 0 Å². The second kappa shape index (κ2) is 5.38. The van der Waals surface area contributed by atoms with Crippen molar-refractivity contribution in [1.29, 1.82) is 0 Å². The summed E-state index contributed by atoms with van der Waals surface area (Å²) in [6.45, 7) is 0. The second-order valence-electron chi connectivity index (χ2n) is 3.48. The van der Waals surface area contributed by atoms with Crippen LogP contribution in [0.15, 0.2) is 57.9 Å². The molecule has 0 saturated carbocycles. The quantitative estimate of drug-likeness (QED) is 0.807. The molecule has 0 fully saturated rings. The fourth-order valence-corrected chi connectivity index (χ4v) is 2.27. The lowest BCUT2D eigenvalue weighted by Gasteiger charge is -2.07. The monoisotopic (exact) mass is 307 g/mol. The van der Waals surface area contributed by atoms with Gasteiger partial charge in [0.2, 0.25) is 0 Å². The van der Waals surface area contributed by atoms with E-state index in [2.05, 4.69) is 33.9 Å². The third-order valence-corrected chi connectivity index (χ3v) is 3.10. The maximum atomic E-state index is 12.0. The summed E-state index contributed by atoms with van der Waals surface area (Å²) in [4.78, 5) is 12.6. The average molecular weight is 308 g/mol. The number of carbonyl (C=O) groups is 1. The molecule has 86 valence electrons.